The van der Waals surface area contributed by atoms with E-state index in [1.165, 1.54) is 66.3 Å². The smallest absolute Gasteiger partial charge is 0.149 e. The standard InChI is InChI=1S/C27H36N4/c1-13-15(3)19(7)25-23(17(13)5)21(9)28-30(25)27(11,12)31-26-20(8)16(4)14(2)18(6)24(26)22(10)29-31/h1-12H3. The molecule has 0 fully saturated rings. The van der Waals surface area contributed by atoms with Crippen molar-refractivity contribution in [3.63, 3.8) is 0 Å². The third-order valence-electron chi connectivity index (χ3n) is 7.99. The van der Waals surface area contributed by atoms with E-state index in [9.17, 15) is 0 Å². The molecule has 0 aliphatic rings. The number of rotatable bonds is 2. The largest absolute Gasteiger partial charge is 0.237 e. The number of hydrogen-bond acceptors (Lipinski definition) is 2. The van der Waals surface area contributed by atoms with Gasteiger partial charge in [0, 0.05) is 10.8 Å². The SMILES string of the molecule is Cc1c(C)c(C)c2c(c(C)nn2C(C)(C)n2nc(C)c3c(C)c(C)c(C)c(C)c32)c1C. The van der Waals surface area contributed by atoms with Crippen molar-refractivity contribution in [2.75, 3.05) is 0 Å². The molecule has 0 aliphatic heterocycles. The second-order valence-corrected chi connectivity index (χ2v) is 9.94. The van der Waals surface area contributed by atoms with Gasteiger partial charge in [0.25, 0.3) is 0 Å². The zero-order valence-electron chi connectivity index (χ0n) is 21.3. The highest BCUT2D eigenvalue weighted by molar-refractivity contribution is 5.92. The fraction of sp³-hybridized carbons (Fsp3) is 0.481. The van der Waals surface area contributed by atoms with Crippen molar-refractivity contribution in [1.29, 1.82) is 0 Å². The number of aromatic nitrogens is 4. The minimum atomic E-state index is -0.461. The van der Waals surface area contributed by atoms with Gasteiger partial charge in [0.15, 0.2) is 0 Å². The van der Waals surface area contributed by atoms with E-state index in [4.69, 9.17) is 10.2 Å². The van der Waals surface area contributed by atoms with Gasteiger partial charge in [-0.25, -0.2) is 9.36 Å². The van der Waals surface area contributed by atoms with Crippen LogP contribution in [-0.2, 0) is 5.66 Å². The predicted molar refractivity (Wildman–Crippen MR) is 132 cm³/mol. The molecule has 4 aromatic rings. The van der Waals surface area contributed by atoms with Gasteiger partial charge < -0.3 is 0 Å². The molecule has 2 aromatic heterocycles. The Morgan fingerprint density at radius 3 is 1.06 bits per heavy atom. The Hall–Kier alpha value is -2.62. The van der Waals surface area contributed by atoms with Crippen molar-refractivity contribution in [2.45, 2.75) is 88.7 Å². The van der Waals surface area contributed by atoms with Gasteiger partial charge in [-0.2, -0.15) is 10.2 Å². The number of fused-ring (bicyclic) bond motifs is 2. The second kappa shape index (κ2) is 6.69. The maximum absolute atomic E-state index is 5.11. The molecule has 0 radical (unpaired) electrons. The molecule has 0 amide bonds. The van der Waals surface area contributed by atoms with Crippen LogP contribution in [0.1, 0.15) is 69.7 Å². The summed E-state index contributed by atoms with van der Waals surface area (Å²) < 4.78 is 4.42. The van der Waals surface area contributed by atoms with E-state index >= 15 is 0 Å². The van der Waals surface area contributed by atoms with E-state index in [1.807, 2.05) is 0 Å². The molecule has 4 heteroatoms. The summed E-state index contributed by atoms with van der Waals surface area (Å²) in [5, 5.41) is 12.8. The van der Waals surface area contributed by atoms with Crippen molar-refractivity contribution in [2.24, 2.45) is 0 Å². The monoisotopic (exact) mass is 416 g/mol. The third-order valence-corrected chi connectivity index (χ3v) is 7.99. The Bertz CT molecular complexity index is 1290. The molecule has 0 unspecified atom stereocenters. The van der Waals surface area contributed by atoms with Gasteiger partial charge in [-0.3, -0.25) is 0 Å². The summed E-state index contributed by atoms with van der Waals surface area (Å²) in [5.74, 6) is 0. The molecule has 0 atom stereocenters. The maximum Gasteiger partial charge on any atom is 0.149 e. The van der Waals surface area contributed by atoms with Crippen LogP contribution in [0.25, 0.3) is 21.8 Å². The molecule has 4 rings (SSSR count). The first-order valence-electron chi connectivity index (χ1n) is 11.2. The lowest BCUT2D eigenvalue weighted by atomic mass is 9.94. The van der Waals surface area contributed by atoms with Crippen LogP contribution in [0.5, 0.6) is 0 Å². The summed E-state index contributed by atoms with van der Waals surface area (Å²) in [5.41, 5.74) is 14.9. The second-order valence-electron chi connectivity index (χ2n) is 9.94. The summed E-state index contributed by atoms with van der Waals surface area (Å²) in [6.07, 6.45) is 0. The highest BCUT2D eigenvalue weighted by Crippen LogP contribution is 2.38. The molecule has 0 aliphatic carbocycles. The third kappa shape index (κ3) is 2.66. The molecule has 0 saturated heterocycles. The van der Waals surface area contributed by atoms with E-state index in [0.717, 1.165) is 11.4 Å². The van der Waals surface area contributed by atoms with Gasteiger partial charge in [0.1, 0.15) is 5.66 Å². The molecule has 0 saturated carbocycles. The van der Waals surface area contributed by atoms with Crippen LogP contribution in [-0.4, -0.2) is 19.6 Å². The van der Waals surface area contributed by atoms with Crippen LogP contribution in [0, 0.1) is 69.2 Å². The van der Waals surface area contributed by atoms with Crippen LogP contribution in [0.2, 0.25) is 0 Å². The summed E-state index contributed by atoms with van der Waals surface area (Å²) in [7, 11) is 0. The average molecular weight is 417 g/mol. The van der Waals surface area contributed by atoms with Gasteiger partial charge in [-0.15, -0.1) is 0 Å². The molecular formula is C27H36N4. The fourth-order valence-electron chi connectivity index (χ4n) is 5.38. The van der Waals surface area contributed by atoms with E-state index in [1.54, 1.807) is 0 Å². The number of hydrogen-bond donors (Lipinski definition) is 0. The lowest BCUT2D eigenvalue weighted by molar-refractivity contribution is 0.250. The zero-order chi connectivity index (χ0) is 23.2. The number of benzene rings is 2. The molecule has 0 spiro atoms. The lowest BCUT2D eigenvalue weighted by Crippen LogP contribution is -2.37. The molecule has 164 valence electrons. The molecule has 2 heterocycles. The molecular weight excluding hydrogens is 380 g/mol. The van der Waals surface area contributed by atoms with Gasteiger partial charge in [-0.05, 0) is 128 Å². The first-order valence-corrected chi connectivity index (χ1v) is 11.2. The number of nitrogens with zero attached hydrogens (tertiary/aromatic N) is 4. The van der Waals surface area contributed by atoms with Gasteiger partial charge in [-0.1, -0.05) is 0 Å². The molecule has 0 bridgehead atoms. The average Bonchev–Trinajstić information content (AvgIpc) is 3.25. The topological polar surface area (TPSA) is 35.6 Å². The lowest BCUT2D eigenvalue weighted by Gasteiger charge is -2.30. The van der Waals surface area contributed by atoms with E-state index < -0.39 is 5.66 Å². The minimum absolute atomic E-state index is 0.461. The fourth-order valence-corrected chi connectivity index (χ4v) is 5.38. The molecule has 4 nitrogen and oxygen atoms in total. The van der Waals surface area contributed by atoms with Crippen molar-refractivity contribution in [3.8, 4) is 0 Å². The quantitative estimate of drug-likeness (QED) is 0.364. The Balaban J connectivity index is 2.15. The summed E-state index contributed by atoms with van der Waals surface area (Å²) in [6.45, 7) is 26.5. The normalized spacial score (nSPS) is 12.5. The zero-order valence-corrected chi connectivity index (χ0v) is 21.3. The Kier molecular flexibility index (Phi) is 4.66. The minimum Gasteiger partial charge on any atom is -0.237 e. The summed E-state index contributed by atoms with van der Waals surface area (Å²) >= 11 is 0. The molecule has 31 heavy (non-hydrogen) atoms. The van der Waals surface area contributed by atoms with E-state index in [-0.39, 0.29) is 0 Å². The van der Waals surface area contributed by atoms with Crippen LogP contribution in [0.15, 0.2) is 0 Å². The van der Waals surface area contributed by atoms with Crippen molar-refractivity contribution in [1.82, 2.24) is 19.6 Å². The van der Waals surface area contributed by atoms with Gasteiger partial charge in [0.2, 0.25) is 0 Å². The van der Waals surface area contributed by atoms with Crippen LogP contribution < -0.4 is 0 Å². The van der Waals surface area contributed by atoms with Crippen molar-refractivity contribution < 1.29 is 0 Å². The first-order chi connectivity index (χ1) is 14.3. The number of aryl methyl sites for hydroxylation is 6. The van der Waals surface area contributed by atoms with E-state index in [2.05, 4.69) is 92.4 Å². The van der Waals surface area contributed by atoms with Crippen LogP contribution in [0.3, 0.4) is 0 Å². The predicted octanol–water partition coefficient (Wildman–Crippen LogP) is 6.71. The first kappa shape index (κ1) is 21.6. The highest BCUT2D eigenvalue weighted by atomic mass is 15.5. The van der Waals surface area contributed by atoms with Crippen LogP contribution in [0.4, 0.5) is 0 Å². The van der Waals surface area contributed by atoms with Gasteiger partial charge >= 0.3 is 0 Å². The van der Waals surface area contributed by atoms with Crippen molar-refractivity contribution >= 4 is 21.8 Å². The Morgan fingerprint density at radius 1 is 0.452 bits per heavy atom. The Morgan fingerprint density at radius 2 is 0.742 bits per heavy atom. The van der Waals surface area contributed by atoms with Crippen molar-refractivity contribution in [3.05, 3.63) is 55.9 Å². The van der Waals surface area contributed by atoms with Gasteiger partial charge in [0.05, 0.1) is 22.4 Å². The van der Waals surface area contributed by atoms with E-state index in [0.29, 0.717) is 0 Å². The summed E-state index contributed by atoms with van der Waals surface area (Å²) in [4.78, 5) is 0. The Labute approximate surface area is 186 Å². The maximum atomic E-state index is 5.11. The molecule has 0 N–H and O–H groups in total. The van der Waals surface area contributed by atoms with Crippen LogP contribution >= 0.6 is 0 Å². The summed E-state index contributed by atoms with van der Waals surface area (Å²) in [6, 6.07) is 0. The highest BCUT2D eigenvalue weighted by Gasteiger charge is 2.32. The molecule has 2 aromatic carbocycles.